The predicted octanol–water partition coefficient (Wildman–Crippen LogP) is 6.01. The molecule has 8 heteroatoms. The smallest absolute Gasteiger partial charge is 0.227 e. The molecule has 0 aromatic heterocycles. The third-order valence-corrected chi connectivity index (χ3v) is 6.55. The van der Waals surface area contributed by atoms with Crippen molar-refractivity contribution in [3.05, 3.63) is 57.6 Å². The summed E-state index contributed by atoms with van der Waals surface area (Å²) >= 11 is 13.1. The molecule has 3 rings (SSSR count). The first-order chi connectivity index (χ1) is 15.3. The van der Waals surface area contributed by atoms with Gasteiger partial charge in [-0.2, -0.15) is 0 Å². The molecule has 0 bridgehead atoms. The van der Waals surface area contributed by atoms with Crippen molar-refractivity contribution < 1.29 is 13.6 Å². The maximum Gasteiger partial charge on any atom is 0.227 e. The molecular weight excluding hydrogens is 455 g/mol. The van der Waals surface area contributed by atoms with Gasteiger partial charge in [0.1, 0.15) is 11.6 Å². The molecule has 0 saturated carbocycles. The van der Waals surface area contributed by atoms with Crippen LogP contribution in [0.25, 0.3) is 0 Å². The van der Waals surface area contributed by atoms with Gasteiger partial charge in [0, 0.05) is 37.8 Å². The normalized spacial score (nSPS) is 16.7. The van der Waals surface area contributed by atoms with Crippen LogP contribution in [0.5, 0.6) is 0 Å². The fraction of sp³-hybridized carbons (Fsp3) is 0.458. The van der Waals surface area contributed by atoms with Crippen LogP contribution in [0.2, 0.25) is 10.0 Å². The van der Waals surface area contributed by atoms with Crippen LogP contribution in [0.15, 0.2) is 30.3 Å². The molecule has 2 aromatic carbocycles. The van der Waals surface area contributed by atoms with E-state index in [-0.39, 0.29) is 11.8 Å². The molecule has 0 radical (unpaired) electrons. The quantitative estimate of drug-likeness (QED) is 0.474. The standard InChI is InChI=1S/C24H29Cl2F2N3O/c1-3-30(4-2)10-9-29-19-13-20(25)24(21(26)14-19)31-15-16(5-8-23(31)32)11-17-6-7-18(27)12-22(17)28/h6-7,12-14,16,29H,3-5,8-11,15H2,1-2H3. The number of amides is 1. The Labute approximate surface area is 198 Å². The van der Waals surface area contributed by atoms with Gasteiger partial charge >= 0.3 is 0 Å². The number of anilines is 2. The number of rotatable bonds is 9. The molecule has 32 heavy (non-hydrogen) atoms. The Morgan fingerprint density at radius 2 is 1.81 bits per heavy atom. The van der Waals surface area contributed by atoms with E-state index < -0.39 is 11.6 Å². The van der Waals surface area contributed by atoms with E-state index in [4.69, 9.17) is 23.2 Å². The number of nitrogens with one attached hydrogen (secondary N) is 1. The van der Waals surface area contributed by atoms with Crippen molar-refractivity contribution in [3.8, 4) is 0 Å². The molecule has 4 nitrogen and oxygen atoms in total. The summed E-state index contributed by atoms with van der Waals surface area (Å²) in [6.07, 6.45) is 1.37. The highest BCUT2D eigenvalue weighted by Gasteiger charge is 2.30. The van der Waals surface area contributed by atoms with Crippen molar-refractivity contribution in [2.24, 2.45) is 5.92 Å². The molecule has 1 amide bonds. The lowest BCUT2D eigenvalue weighted by molar-refractivity contribution is -0.120. The highest BCUT2D eigenvalue weighted by molar-refractivity contribution is 6.40. The van der Waals surface area contributed by atoms with Crippen LogP contribution in [0, 0.1) is 17.6 Å². The number of carbonyl (C=O) groups is 1. The minimum atomic E-state index is -0.601. The van der Waals surface area contributed by atoms with Crippen LogP contribution in [-0.2, 0) is 11.2 Å². The largest absolute Gasteiger partial charge is 0.384 e. The number of halogens is 4. The maximum absolute atomic E-state index is 14.1. The van der Waals surface area contributed by atoms with Gasteiger partial charge in [0.05, 0.1) is 15.7 Å². The monoisotopic (exact) mass is 483 g/mol. The second kappa shape index (κ2) is 11.3. The molecule has 1 fully saturated rings. The Hall–Kier alpha value is -1.89. The first-order valence-electron chi connectivity index (χ1n) is 11.0. The fourth-order valence-corrected chi connectivity index (χ4v) is 4.81. The van der Waals surface area contributed by atoms with Crippen LogP contribution < -0.4 is 10.2 Å². The van der Waals surface area contributed by atoms with Gasteiger partial charge in [0.25, 0.3) is 0 Å². The van der Waals surface area contributed by atoms with E-state index in [1.165, 1.54) is 12.1 Å². The zero-order chi connectivity index (χ0) is 23.3. The highest BCUT2D eigenvalue weighted by atomic mass is 35.5. The van der Waals surface area contributed by atoms with E-state index >= 15 is 0 Å². The summed E-state index contributed by atoms with van der Waals surface area (Å²) in [5.74, 6) is -1.21. The van der Waals surface area contributed by atoms with E-state index in [1.54, 1.807) is 17.0 Å². The molecule has 0 spiro atoms. The molecule has 174 valence electrons. The van der Waals surface area contributed by atoms with Crippen LogP contribution in [0.3, 0.4) is 0 Å². The Balaban J connectivity index is 1.71. The van der Waals surface area contributed by atoms with E-state index in [0.29, 0.717) is 47.1 Å². The first kappa shape index (κ1) is 24.7. The summed E-state index contributed by atoms with van der Waals surface area (Å²) in [5, 5.41) is 4.12. The number of nitrogens with zero attached hydrogens (tertiary/aromatic N) is 2. The SMILES string of the molecule is CCN(CC)CCNc1cc(Cl)c(N2CC(Cc3ccc(F)cc3F)CCC2=O)c(Cl)c1. The van der Waals surface area contributed by atoms with Crippen LogP contribution >= 0.6 is 23.2 Å². The van der Waals surface area contributed by atoms with Crippen LogP contribution in [0.1, 0.15) is 32.3 Å². The lowest BCUT2D eigenvalue weighted by Crippen LogP contribution is -2.41. The summed E-state index contributed by atoms with van der Waals surface area (Å²) in [7, 11) is 0. The Morgan fingerprint density at radius 1 is 1.12 bits per heavy atom. The number of benzene rings is 2. The highest BCUT2D eigenvalue weighted by Crippen LogP contribution is 2.39. The number of likely N-dealkylation sites (N-methyl/N-ethyl adjacent to an activating group) is 1. The second-order valence-electron chi connectivity index (χ2n) is 8.09. The lowest BCUT2D eigenvalue weighted by atomic mass is 9.90. The molecule has 1 heterocycles. The van der Waals surface area contributed by atoms with Gasteiger partial charge in [-0.1, -0.05) is 43.1 Å². The lowest BCUT2D eigenvalue weighted by Gasteiger charge is -2.34. The minimum Gasteiger partial charge on any atom is -0.384 e. The summed E-state index contributed by atoms with van der Waals surface area (Å²) in [4.78, 5) is 16.6. The number of hydrogen-bond acceptors (Lipinski definition) is 3. The predicted molar refractivity (Wildman–Crippen MR) is 128 cm³/mol. The van der Waals surface area contributed by atoms with Crippen molar-refractivity contribution in [1.82, 2.24) is 4.90 Å². The van der Waals surface area contributed by atoms with Gasteiger partial charge in [0.2, 0.25) is 5.91 Å². The molecule has 0 aliphatic carbocycles. The van der Waals surface area contributed by atoms with Gasteiger partial charge in [0.15, 0.2) is 0 Å². The van der Waals surface area contributed by atoms with Gasteiger partial charge in [-0.15, -0.1) is 0 Å². The summed E-state index contributed by atoms with van der Waals surface area (Å²) in [6.45, 7) is 8.25. The molecule has 1 atom stereocenters. The molecule has 1 aliphatic heterocycles. The molecule has 1 aliphatic rings. The average Bonchev–Trinajstić information content (AvgIpc) is 2.75. The molecule has 1 unspecified atom stereocenters. The van der Waals surface area contributed by atoms with Crippen LogP contribution in [-0.4, -0.2) is 43.5 Å². The summed E-state index contributed by atoms with van der Waals surface area (Å²) in [5.41, 5.74) is 1.72. The van der Waals surface area contributed by atoms with Crippen molar-refractivity contribution in [2.75, 3.05) is 42.9 Å². The van der Waals surface area contributed by atoms with Crippen molar-refractivity contribution in [2.45, 2.75) is 33.1 Å². The van der Waals surface area contributed by atoms with Crippen LogP contribution in [0.4, 0.5) is 20.2 Å². The molecule has 2 aromatic rings. The number of carbonyl (C=O) groups excluding carboxylic acids is 1. The molecule has 1 N–H and O–H groups in total. The fourth-order valence-electron chi connectivity index (χ4n) is 4.12. The zero-order valence-electron chi connectivity index (χ0n) is 18.4. The minimum absolute atomic E-state index is 0.0201. The zero-order valence-corrected chi connectivity index (χ0v) is 19.9. The number of hydrogen-bond donors (Lipinski definition) is 1. The maximum atomic E-state index is 14.1. The summed E-state index contributed by atoms with van der Waals surface area (Å²) in [6, 6.07) is 7.16. The second-order valence-corrected chi connectivity index (χ2v) is 8.91. The molecular formula is C24H29Cl2F2N3O. The third kappa shape index (κ3) is 6.12. The van der Waals surface area contributed by atoms with Crippen molar-refractivity contribution in [3.63, 3.8) is 0 Å². The van der Waals surface area contributed by atoms with Gasteiger partial charge in [-0.3, -0.25) is 4.79 Å². The first-order valence-corrected chi connectivity index (χ1v) is 11.8. The van der Waals surface area contributed by atoms with E-state index in [0.717, 1.165) is 37.9 Å². The number of piperidine rings is 1. The van der Waals surface area contributed by atoms with E-state index in [1.807, 2.05) is 0 Å². The van der Waals surface area contributed by atoms with E-state index in [9.17, 15) is 13.6 Å². The van der Waals surface area contributed by atoms with Gasteiger partial charge in [-0.25, -0.2) is 8.78 Å². The third-order valence-electron chi connectivity index (χ3n) is 5.97. The summed E-state index contributed by atoms with van der Waals surface area (Å²) < 4.78 is 27.3. The van der Waals surface area contributed by atoms with E-state index in [2.05, 4.69) is 24.1 Å². The molecule has 1 saturated heterocycles. The van der Waals surface area contributed by atoms with Crippen molar-refractivity contribution >= 4 is 40.5 Å². The average molecular weight is 484 g/mol. The van der Waals surface area contributed by atoms with Crippen molar-refractivity contribution in [1.29, 1.82) is 0 Å². The Morgan fingerprint density at radius 3 is 2.44 bits per heavy atom. The van der Waals surface area contributed by atoms with Gasteiger partial charge in [-0.05, 0) is 55.6 Å². The topological polar surface area (TPSA) is 35.6 Å². The Bertz CT molecular complexity index is 930. The Kier molecular flexibility index (Phi) is 8.74. The van der Waals surface area contributed by atoms with Gasteiger partial charge < -0.3 is 15.1 Å².